The third-order valence-electron chi connectivity index (χ3n) is 4.99. The minimum absolute atomic E-state index is 0.000132. The Kier molecular flexibility index (Phi) is 5.56. The van der Waals surface area contributed by atoms with E-state index in [1.165, 1.54) is 0 Å². The molecule has 9 heteroatoms. The van der Waals surface area contributed by atoms with Gasteiger partial charge in [-0.1, -0.05) is 20.8 Å². The standard InChI is InChI=1S/C19H25N7O2/c1-18(2)6-15(7-19(3,9-18)10-20-13-27)25-17(28)24-14-4-5-16(21-8-14)26-11-22-23-12-26/h4-5,8,11-12,15H,6-7,9-10H2,1-3H3,(H2,24,25,28). The van der Waals surface area contributed by atoms with Gasteiger partial charge < -0.3 is 10.6 Å². The molecule has 0 spiro atoms. The number of carbonyl (C=O) groups excluding carboxylic acids is 2. The summed E-state index contributed by atoms with van der Waals surface area (Å²) in [5.74, 6) is 0.663. The van der Waals surface area contributed by atoms with Crippen molar-refractivity contribution in [3.8, 4) is 5.82 Å². The zero-order chi connectivity index (χ0) is 20.2. The fourth-order valence-electron chi connectivity index (χ4n) is 4.36. The van der Waals surface area contributed by atoms with Gasteiger partial charge in [-0.2, -0.15) is 0 Å². The van der Waals surface area contributed by atoms with Crippen LogP contribution in [-0.2, 0) is 4.79 Å². The number of aromatic nitrogens is 4. The second-order valence-electron chi connectivity index (χ2n) is 8.54. The first-order valence-electron chi connectivity index (χ1n) is 9.21. The maximum atomic E-state index is 12.5. The summed E-state index contributed by atoms with van der Waals surface area (Å²) in [6, 6.07) is 3.27. The van der Waals surface area contributed by atoms with Crippen molar-refractivity contribution in [3.05, 3.63) is 31.0 Å². The zero-order valence-corrected chi connectivity index (χ0v) is 16.3. The van der Waals surface area contributed by atoms with Gasteiger partial charge in [0.2, 0.25) is 6.08 Å². The molecule has 0 aromatic carbocycles. The number of urea groups is 1. The Labute approximate surface area is 163 Å². The lowest BCUT2D eigenvalue weighted by Gasteiger charge is -2.46. The summed E-state index contributed by atoms with van der Waals surface area (Å²) in [5.41, 5.74) is 0.502. The van der Waals surface area contributed by atoms with E-state index in [0.717, 1.165) is 19.3 Å². The monoisotopic (exact) mass is 383 g/mol. The second-order valence-corrected chi connectivity index (χ2v) is 8.54. The van der Waals surface area contributed by atoms with E-state index in [4.69, 9.17) is 0 Å². The molecule has 2 aromatic rings. The predicted molar refractivity (Wildman–Crippen MR) is 104 cm³/mol. The number of rotatable bonds is 5. The molecule has 0 radical (unpaired) electrons. The number of nitrogens with zero attached hydrogens (tertiary/aromatic N) is 5. The van der Waals surface area contributed by atoms with Crippen molar-refractivity contribution in [2.24, 2.45) is 15.8 Å². The molecule has 2 aromatic heterocycles. The number of hydrogen-bond acceptors (Lipinski definition) is 6. The van der Waals surface area contributed by atoms with Crippen LogP contribution in [0.15, 0.2) is 36.0 Å². The maximum absolute atomic E-state index is 12.5. The number of aliphatic imine (C=N–C) groups is 1. The summed E-state index contributed by atoms with van der Waals surface area (Å²) in [6.45, 7) is 6.88. The zero-order valence-electron chi connectivity index (χ0n) is 16.3. The van der Waals surface area contributed by atoms with Crippen LogP contribution < -0.4 is 10.6 Å². The molecule has 2 atom stereocenters. The van der Waals surface area contributed by atoms with E-state index in [2.05, 4.69) is 51.6 Å². The molecule has 1 saturated carbocycles. The molecule has 9 nitrogen and oxygen atoms in total. The first-order chi connectivity index (χ1) is 13.3. The van der Waals surface area contributed by atoms with E-state index in [9.17, 15) is 9.59 Å². The van der Waals surface area contributed by atoms with Gasteiger partial charge in [0.15, 0.2) is 0 Å². The van der Waals surface area contributed by atoms with Gasteiger partial charge in [-0.05, 0) is 42.2 Å². The number of carbonyl (C=O) groups is 1. The fraction of sp³-hybridized carbons (Fsp3) is 0.526. The molecule has 2 amide bonds. The van der Waals surface area contributed by atoms with Gasteiger partial charge >= 0.3 is 6.03 Å². The van der Waals surface area contributed by atoms with Crippen LogP contribution in [0, 0.1) is 10.8 Å². The highest BCUT2D eigenvalue weighted by atomic mass is 16.2. The molecule has 148 valence electrons. The molecule has 0 bridgehead atoms. The first kappa shape index (κ1) is 19.7. The van der Waals surface area contributed by atoms with E-state index in [0.29, 0.717) is 18.1 Å². The van der Waals surface area contributed by atoms with Crippen LogP contribution in [0.5, 0.6) is 0 Å². The molecule has 1 fully saturated rings. The summed E-state index contributed by atoms with van der Waals surface area (Å²) < 4.78 is 1.68. The number of nitrogens with one attached hydrogen (secondary N) is 2. The average Bonchev–Trinajstić information content (AvgIpc) is 3.13. The number of isocyanates is 1. The molecule has 2 unspecified atom stereocenters. The van der Waals surface area contributed by atoms with Gasteiger partial charge in [-0.25, -0.2) is 19.6 Å². The van der Waals surface area contributed by atoms with Crippen molar-refractivity contribution < 1.29 is 9.59 Å². The topological polar surface area (TPSA) is 114 Å². The summed E-state index contributed by atoms with van der Waals surface area (Å²) in [4.78, 5) is 31.1. The van der Waals surface area contributed by atoms with Crippen molar-refractivity contribution in [1.82, 2.24) is 25.1 Å². The Bertz CT molecular complexity index is 857. The van der Waals surface area contributed by atoms with Crippen LogP contribution in [0.25, 0.3) is 5.82 Å². The summed E-state index contributed by atoms with van der Waals surface area (Å²) in [7, 11) is 0. The number of amides is 2. The molecule has 3 rings (SSSR count). The highest BCUT2D eigenvalue weighted by molar-refractivity contribution is 5.89. The van der Waals surface area contributed by atoms with E-state index >= 15 is 0 Å². The number of pyridine rings is 1. The molecule has 0 aliphatic heterocycles. The van der Waals surface area contributed by atoms with Gasteiger partial charge in [-0.3, -0.25) is 4.57 Å². The molecule has 0 saturated heterocycles. The quantitative estimate of drug-likeness (QED) is 0.609. The molecule has 1 aliphatic rings. The van der Waals surface area contributed by atoms with Crippen molar-refractivity contribution in [2.45, 2.75) is 46.1 Å². The molecule has 2 heterocycles. The average molecular weight is 383 g/mol. The van der Waals surface area contributed by atoms with E-state index < -0.39 is 0 Å². The van der Waals surface area contributed by atoms with E-state index in [1.54, 1.807) is 41.6 Å². The Morgan fingerprint density at radius 2 is 2.04 bits per heavy atom. The fourth-order valence-corrected chi connectivity index (χ4v) is 4.36. The van der Waals surface area contributed by atoms with Crippen LogP contribution in [0.2, 0.25) is 0 Å². The minimum Gasteiger partial charge on any atom is -0.335 e. The summed E-state index contributed by atoms with van der Waals surface area (Å²) >= 11 is 0. The molecule has 28 heavy (non-hydrogen) atoms. The predicted octanol–water partition coefficient (Wildman–Crippen LogP) is 2.70. The molecular weight excluding hydrogens is 358 g/mol. The summed E-state index contributed by atoms with van der Waals surface area (Å²) in [6.07, 6.45) is 8.90. The van der Waals surface area contributed by atoms with E-state index in [1.807, 2.05) is 0 Å². The number of hydrogen-bond donors (Lipinski definition) is 2. The van der Waals surface area contributed by atoms with Crippen molar-refractivity contribution in [2.75, 3.05) is 11.9 Å². The van der Waals surface area contributed by atoms with Crippen molar-refractivity contribution >= 4 is 17.8 Å². The Morgan fingerprint density at radius 3 is 2.68 bits per heavy atom. The largest absolute Gasteiger partial charge is 0.335 e. The lowest BCUT2D eigenvalue weighted by atomic mass is 9.62. The SMILES string of the molecule is CC1(C)CC(NC(=O)Nc2ccc(-n3cnnc3)nc2)CC(C)(CN=C=O)C1. The molecule has 1 aliphatic carbocycles. The number of anilines is 1. The minimum atomic E-state index is -0.275. The second kappa shape index (κ2) is 7.90. The van der Waals surface area contributed by atoms with Crippen LogP contribution in [0.3, 0.4) is 0 Å². The highest BCUT2D eigenvalue weighted by Crippen LogP contribution is 2.46. The van der Waals surface area contributed by atoms with Crippen molar-refractivity contribution in [3.63, 3.8) is 0 Å². The van der Waals surface area contributed by atoms with E-state index in [-0.39, 0.29) is 22.9 Å². The highest BCUT2D eigenvalue weighted by Gasteiger charge is 2.41. The van der Waals surface area contributed by atoms with Gasteiger partial charge in [0.1, 0.15) is 18.5 Å². The van der Waals surface area contributed by atoms with Crippen LogP contribution >= 0.6 is 0 Å². The third kappa shape index (κ3) is 5.01. The van der Waals surface area contributed by atoms with Gasteiger partial charge in [0, 0.05) is 6.04 Å². The van der Waals surface area contributed by atoms with Crippen LogP contribution in [-0.4, -0.2) is 44.4 Å². The molecular formula is C19H25N7O2. The van der Waals surface area contributed by atoms with Gasteiger partial charge in [0.05, 0.1) is 18.4 Å². The lowest BCUT2D eigenvalue weighted by molar-refractivity contribution is 0.0815. The Hall–Kier alpha value is -3.06. The Balaban J connectivity index is 1.61. The molecule has 2 N–H and O–H groups in total. The first-order valence-corrected chi connectivity index (χ1v) is 9.21. The van der Waals surface area contributed by atoms with Crippen LogP contribution in [0.4, 0.5) is 10.5 Å². The van der Waals surface area contributed by atoms with Gasteiger partial charge in [0.25, 0.3) is 0 Å². The third-order valence-corrected chi connectivity index (χ3v) is 4.99. The maximum Gasteiger partial charge on any atom is 0.319 e. The summed E-state index contributed by atoms with van der Waals surface area (Å²) in [5, 5.41) is 13.4. The smallest absolute Gasteiger partial charge is 0.319 e. The van der Waals surface area contributed by atoms with Gasteiger partial charge in [-0.15, -0.1) is 10.2 Å². The normalized spacial score (nSPS) is 23.5. The van der Waals surface area contributed by atoms with Crippen LogP contribution in [0.1, 0.15) is 40.0 Å². The Morgan fingerprint density at radius 1 is 1.29 bits per heavy atom. The lowest BCUT2D eigenvalue weighted by Crippen LogP contribution is -2.48. The van der Waals surface area contributed by atoms with Crippen molar-refractivity contribution in [1.29, 1.82) is 0 Å².